The molecule has 1 aromatic heterocycles. The zero-order chi connectivity index (χ0) is 12.2. The first-order chi connectivity index (χ1) is 7.38. The van der Waals surface area contributed by atoms with Crippen molar-refractivity contribution in [2.24, 2.45) is 5.41 Å². The number of nitrogens with zero attached hydrogens (tertiary/aromatic N) is 1. The molecule has 4 nitrogen and oxygen atoms in total. The first-order valence-corrected chi connectivity index (χ1v) is 5.27. The van der Waals surface area contributed by atoms with E-state index in [-0.39, 0.29) is 5.41 Å². The number of esters is 1. The Morgan fingerprint density at radius 1 is 1.44 bits per heavy atom. The van der Waals surface area contributed by atoms with Crippen molar-refractivity contribution in [1.82, 2.24) is 4.98 Å². The molecule has 0 aromatic carbocycles. The lowest BCUT2D eigenvalue weighted by Crippen LogP contribution is -2.14. The molecule has 1 aromatic rings. The Labute approximate surface area is 95.8 Å². The summed E-state index contributed by atoms with van der Waals surface area (Å²) in [5.74, 6) is -0.399. The third-order valence-electron chi connectivity index (χ3n) is 2.08. The van der Waals surface area contributed by atoms with Crippen molar-refractivity contribution in [2.75, 3.05) is 12.3 Å². The van der Waals surface area contributed by atoms with Crippen molar-refractivity contribution in [3.63, 3.8) is 0 Å². The Bertz CT molecular complexity index is 352. The second-order valence-corrected chi connectivity index (χ2v) is 4.92. The van der Waals surface area contributed by atoms with Gasteiger partial charge in [0, 0.05) is 0 Å². The molecule has 0 radical (unpaired) electrons. The number of pyridine rings is 1. The number of anilines is 1. The van der Waals surface area contributed by atoms with Gasteiger partial charge in [-0.2, -0.15) is 0 Å². The van der Waals surface area contributed by atoms with Crippen LogP contribution in [0, 0.1) is 5.41 Å². The summed E-state index contributed by atoms with van der Waals surface area (Å²) in [5.41, 5.74) is 6.46. The maximum Gasteiger partial charge on any atom is 0.356 e. The second-order valence-electron chi connectivity index (χ2n) is 4.92. The summed E-state index contributed by atoms with van der Waals surface area (Å²) >= 11 is 0. The minimum atomic E-state index is -0.399. The number of hydrogen-bond donors (Lipinski definition) is 1. The van der Waals surface area contributed by atoms with Crippen molar-refractivity contribution in [1.29, 1.82) is 0 Å². The Kier molecular flexibility index (Phi) is 3.88. The van der Waals surface area contributed by atoms with E-state index in [1.807, 2.05) is 0 Å². The molecule has 16 heavy (non-hydrogen) atoms. The lowest BCUT2D eigenvalue weighted by Gasteiger charge is -2.17. The predicted molar refractivity (Wildman–Crippen MR) is 63.0 cm³/mol. The van der Waals surface area contributed by atoms with Crippen LogP contribution in [0.5, 0.6) is 0 Å². The maximum absolute atomic E-state index is 11.5. The third kappa shape index (κ3) is 4.29. The smallest absolute Gasteiger partial charge is 0.356 e. The highest BCUT2D eigenvalue weighted by Crippen LogP contribution is 2.18. The molecular weight excluding hydrogens is 204 g/mol. The number of nitrogen functional groups attached to an aromatic ring is 1. The van der Waals surface area contributed by atoms with Gasteiger partial charge in [0.05, 0.1) is 18.5 Å². The van der Waals surface area contributed by atoms with Crippen molar-refractivity contribution in [2.45, 2.75) is 27.2 Å². The molecule has 0 aliphatic carbocycles. The lowest BCUT2D eigenvalue weighted by molar-refractivity contribution is 0.0458. The fraction of sp³-hybridized carbons (Fsp3) is 0.500. The van der Waals surface area contributed by atoms with Crippen LogP contribution < -0.4 is 5.73 Å². The van der Waals surface area contributed by atoms with Crippen molar-refractivity contribution >= 4 is 11.7 Å². The summed E-state index contributed by atoms with van der Waals surface area (Å²) in [6.07, 6.45) is 2.27. The van der Waals surface area contributed by atoms with Crippen LogP contribution in [0.15, 0.2) is 18.3 Å². The van der Waals surface area contributed by atoms with Gasteiger partial charge in [-0.05, 0) is 24.0 Å². The fourth-order valence-electron chi connectivity index (χ4n) is 1.05. The highest BCUT2D eigenvalue weighted by molar-refractivity contribution is 5.87. The Balaban J connectivity index is 2.44. The van der Waals surface area contributed by atoms with E-state index in [1.165, 1.54) is 6.20 Å². The van der Waals surface area contributed by atoms with Gasteiger partial charge >= 0.3 is 5.97 Å². The van der Waals surface area contributed by atoms with E-state index in [9.17, 15) is 4.79 Å². The van der Waals surface area contributed by atoms with E-state index in [2.05, 4.69) is 25.8 Å². The third-order valence-corrected chi connectivity index (χ3v) is 2.08. The normalized spacial score (nSPS) is 11.2. The summed E-state index contributed by atoms with van der Waals surface area (Å²) in [6.45, 7) is 6.71. The average molecular weight is 222 g/mol. The zero-order valence-corrected chi connectivity index (χ0v) is 9.99. The number of hydrogen-bond acceptors (Lipinski definition) is 4. The fourth-order valence-corrected chi connectivity index (χ4v) is 1.05. The molecule has 0 atom stereocenters. The summed E-state index contributed by atoms with van der Waals surface area (Å²) in [7, 11) is 0. The second kappa shape index (κ2) is 4.96. The van der Waals surface area contributed by atoms with Crippen LogP contribution in [0.25, 0.3) is 0 Å². The van der Waals surface area contributed by atoms with Gasteiger partial charge in [0.2, 0.25) is 0 Å². The van der Waals surface area contributed by atoms with E-state index < -0.39 is 5.97 Å². The molecule has 88 valence electrons. The van der Waals surface area contributed by atoms with Crippen molar-refractivity contribution in [3.8, 4) is 0 Å². The zero-order valence-electron chi connectivity index (χ0n) is 9.99. The predicted octanol–water partition coefficient (Wildman–Crippen LogP) is 2.26. The van der Waals surface area contributed by atoms with Gasteiger partial charge in [0.25, 0.3) is 0 Å². The molecule has 1 rings (SSSR count). The van der Waals surface area contributed by atoms with E-state index >= 15 is 0 Å². The molecule has 0 unspecified atom stereocenters. The number of ether oxygens (including phenoxy) is 1. The van der Waals surface area contributed by atoms with Crippen LogP contribution in [-0.4, -0.2) is 17.6 Å². The first-order valence-electron chi connectivity index (χ1n) is 5.27. The van der Waals surface area contributed by atoms with Crippen LogP contribution in [0.1, 0.15) is 37.7 Å². The Morgan fingerprint density at radius 3 is 2.62 bits per heavy atom. The van der Waals surface area contributed by atoms with E-state index in [4.69, 9.17) is 10.5 Å². The minimum Gasteiger partial charge on any atom is -0.461 e. The molecule has 0 bridgehead atoms. The molecular formula is C12H18N2O2. The summed E-state index contributed by atoms with van der Waals surface area (Å²) < 4.78 is 5.10. The van der Waals surface area contributed by atoms with E-state index in [0.717, 1.165) is 6.42 Å². The van der Waals surface area contributed by atoms with Crippen LogP contribution in [0.3, 0.4) is 0 Å². The molecule has 0 aliphatic rings. The van der Waals surface area contributed by atoms with Crippen LogP contribution in [0.2, 0.25) is 0 Å². The van der Waals surface area contributed by atoms with Gasteiger partial charge in [-0.1, -0.05) is 20.8 Å². The molecule has 4 heteroatoms. The Hall–Kier alpha value is -1.58. The van der Waals surface area contributed by atoms with Gasteiger partial charge in [-0.3, -0.25) is 0 Å². The topological polar surface area (TPSA) is 65.2 Å². The molecule has 0 amide bonds. The maximum atomic E-state index is 11.5. The van der Waals surface area contributed by atoms with Gasteiger partial charge in [0.15, 0.2) is 0 Å². The van der Waals surface area contributed by atoms with E-state index in [0.29, 0.717) is 18.0 Å². The van der Waals surface area contributed by atoms with Crippen molar-refractivity contribution < 1.29 is 9.53 Å². The largest absolute Gasteiger partial charge is 0.461 e. The monoisotopic (exact) mass is 222 g/mol. The highest BCUT2D eigenvalue weighted by atomic mass is 16.5. The van der Waals surface area contributed by atoms with Gasteiger partial charge in [-0.25, -0.2) is 9.78 Å². The van der Waals surface area contributed by atoms with Crippen LogP contribution in [0.4, 0.5) is 5.69 Å². The lowest BCUT2D eigenvalue weighted by atomic mass is 9.93. The molecule has 2 N–H and O–H groups in total. The number of carbonyl (C=O) groups is 1. The number of rotatable bonds is 3. The number of nitrogens with two attached hydrogens (primary N) is 1. The molecule has 0 aliphatic heterocycles. The van der Waals surface area contributed by atoms with Crippen LogP contribution in [-0.2, 0) is 4.74 Å². The van der Waals surface area contributed by atoms with Gasteiger partial charge < -0.3 is 10.5 Å². The summed E-state index contributed by atoms with van der Waals surface area (Å²) in [6, 6.07) is 3.20. The summed E-state index contributed by atoms with van der Waals surface area (Å²) in [5, 5.41) is 0. The number of aromatic nitrogens is 1. The van der Waals surface area contributed by atoms with Gasteiger partial charge in [0.1, 0.15) is 5.69 Å². The highest BCUT2D eigenvalue weighted by Gasteiger charge is 2.13. The average Bonchev–Trinajstić information content (AvgIpc) is 2.16. The SMILES string of the molecule is CC(C)(C)CCOC(=O)c1ccc(N)cn1. The summed E-state index contributed by atoms with van der Waals surface area (Å²) in [4.78, 5) is 15.4. The Morgan fingerprint density at radius 2 is 2.12 bits per heavy atom. The molecule has 0 saturated carbocycles. The molecule has 0 spiro atoms. The molecule has 0 fully saturated rings. The standard InChI is InChI=1S/C12H18N2O2/c1-12(2,3)6-7-16-11(15)10-5-4-9(13)8-14-10/h4-5,8H,6-7,13H2,1-3H3. The van der Waals surface area contributed by atoms with Crippen LogP contribution >= 0.6 is 0 Å². The van der Waals surface area contributed by atoms with Crippen molar-refractivity contribution in [3.05, 3.63) is 24.0 Å². The molecule has 1 heterocycles. The molecule has 0 saturated heterocycles. The quantitative estimate of drug-likeness (QED) is 0.797. The first kappa shape index (κ1) is 12.5. The minimum absolute atomic E-state index is 0.162. The van der Waals surface area contributed by atoms with E-state index in [1.54, 1.807) is 12.1 Å². The number of carbonyl (C=O) groups excluding carboxylic acids is 1. The van der Waals surface area contributed by atoms with Gasteiger partial charge in [-0.15, -0.1) is 0 Å².